The van der Waals surface area contributed by atoms with E-state index in [9.17, 15) is 39.6 Å². The molecule has 0 aromatic carbocycles. The van der Waals surface area contributed by atoms with Crippen molar-refractivity contribution < 1.29 is 64.4 Å². The average Bonchev–Trinajstić information content (AvgIpc) is 2.78. The van der Waals surface area contributed by atoms with Gasteiger partial charge in [0.15, 0.2) is 18.0 Å². The van der Waals surface area contributed by atoms with Gasteiger partial charge >= 0.3 is 23.9 Å². The minimum atomic E-state index is -3.39. The molecule has 140 valence electrons. The molecule has 0 aliphatic carbocycles. The standard InChI is InChI=1S/C12H14O13/c13-3(7-5(16)6(17)9(19)25-7)2-24-10(20)8(18)12(23,11(21)22)1-4(14)15/h3,7-8,13,16-18,23H,1-2H2,(H,14,15)(H,21,22)/t3-,7-,8+,12+/m1/s1. The third kappa shape index (κ3) is 4.14. The Morgan fingerprint density at radius 1 is 1.20 bits per heavy atom. The lowest BCUT2D eigenvalue weighted by Crippen LogP contribution is -2.55. The Morgan fingerprint density at radius 2 is 1.76 bits per heavy atom. The van der Waals surface area contributed by atoms with Crippen LogP contribution in [-0.4, -0.2) is 90.1 Å². The molecule has 7 N–H and O–H groups in total. The Hall–Kier alpha value is -2.90. The maximum atomic E-state index is 11.6. The first-order valence-electron chi connectivity index (χ1n) is 6.45. The van der Waals surface area contributed by atoms with Crippen molar-refractivity contribution in [1.29, 1.82) is 0 Å². The van der Waals surface area contributed by atoms with E-state index in [2.05, 4.69) is 9.47 Å². The summed E-state index contributed by atoms with van der Waals surface area (Å²) in [5, 5.41) is 64.5. The van der Waals surface area contributed by atoms with Gasteiger partial charge in [0.25, 0.3) is 0 Å². The van der Waals surface area contributed by atoms with Gasteiger partial charge in [0.05, 0.1) is 6.42 Å². The van der Waals surface area contributed by atoms with E-state index in [0.29, 0.717) is 0 Å². The van der Waals surface area contributed by atoms with Crippen molar-refractivity contribution in [2.24, 2.45) is 0 Å². The Kier molecular flexibility index (Phi) is 5.91. The molecule has 0 spiro atoms. The third-order valence-electron chi connectivity index (χ3n) is 3.15. The summed E-state index contributed by atoms with van der Waals surface area (Å²) in [4.78, 5) is 44.0. The van der Waals surface area contributed by atoms with Crippen LogP contribution in [0.25, 0.3) is 0 Å². The molecule has 4 atom stereocenters. The molecular formula is C12H14O13. The second kappa shape index (κ2) is 7.33. The molecule has 0 saturated carbocycles. The highest BCUT2D eigenvalue weighted by Gasteiger charge is 2.50. The van der Waals surface area contributed by atoms with E-state index in [1.807, 2.05) is 0 Å². The number of carboxylic acids is 2. The molecule has 13 heteroatoms. The normalized spacial score (nSPS) is 21.9. The van der Waals surface area contributed by atoms with E-state index in [0.717, 1.165) is 0 Å². The van der Waals surface area contributed by atoms with Crippen molar-refractivity contribution in [1.82, 2.24) is 0 Å². The van der Waals surface area contributed by atoms with Gasteiger partial charge in [0.2, 0.25) is 11.4 Å². The molecule has 0 unspecified atom stereocenters. The van der Waals surface area contributed by atoms with Crippen LogP contribution in [0, 0.1) is 0 Å². The van der Waals surface area contributed by atoms with E-state index in [4.69, 9.17) is 15.3 Å². The number of carbonyl (C=O) groups excluding carboxylic acids is 2. The molecule has 13 nitrogen and oxygen atoms in total. The molecular weight excluding hydrogens is 352 g/mol. The predicted molar refractivity (Wildman–Crippen MR) is 70.0 cm³/mol. The Morgan fingerprint density at radius 3 is 2.16 bits per heavy atom. The van der Waals surface area contributed by atoms with Gasteiger partial charge in [0.1, 0.15) is 12.7 Å². The zero-order valence-electron chi connectivity index (χ0n) is 12.2. The van der Waals surface area contributed by atoms with E-state index in [1.165, 1.54) is 0 Å². The zero-order chi connectivity index (χ0) is 19.5. The van der Waals surface area contributed by atoms with Crippen molar-refractivity contribution in [3.05, 3.63) is 11.5 Å². The fraction of sp³-hybridized carbons (Fsp3) is 0.500. The summed E-state index contributed by atoms with van der Waals surface area (Å²) < 4.78 is 8.67. The third-order valence-corrected chi connectivity index (χ3v) is 3.15. The van der Waals surface area contributed by atoms with E-state index >= 15 is 0 Å². The number of carboxylic acid groups (broad SMARTS) is 2. The van der Waals surface area contributed by atoms with E-state index in [1.54, 1.807) is 0 Å². The van der Waals surface area contributed by atoms with Gasteiger partial charge in [-0.15, -0.1) is 0 Å². The van der Waals surface area contributed by atoms with Crippen molar-refractivity contribution >= 4 is 23.9 Å². The molecule has 1 aliphatic rings. The first kappa shape index (κ1) is 20.1. The Balaban J connectivity index is 2.74. The number of carbonyl (C=O) groups is 4. The fourth-order valence-electron chi connectivity index (χ4n) is 1.78. The molecule has 25 heavy (non-hydrogen) atoms. The molecule has 1 rings (SSSR count). The summed E-state index contributed by atoms with van der Waals surface area (Å²) in [6.45, 7) is -1.06. The van der Waals surface area contributed by atoms with Gasteiger partial charge in [-0.1, -0.05) is 0 Å². The van der Waals surface area contributed by atoms with Crippen LogP contribution >= 0.6 is 0 Å². The lowest BCUT2D eigenvalue weighted by atomic mass is 9.93. The number of ether oxygens (including phenoxy) is 2. The Labute approximate surface area is 137 Å². The van der Waals surface area contributed by atoms with Crippen LogP contribution in [-0.2, 0) is 28.7 Å². The van der Waals surface area contributed by atoms with Gasteiger partial charge < -0.3 is 45.2 Å². The number of aliphatic carboxylic acids is 2. The number of cyclic esters (lactones) is 1. The molecule has 0 radical (unpaired) electrons. The van der Waals surface area contributed by atoms with E-state index < -0.39 is 72.3 Å². The van der Waals surface area contributed by atoms with Gasteiger partial charge in [-0.3, -0.25) is 4.79 Å². The smallest absolute Gasteiger partial charge is 0.377 e. The quantitative estimate of drug-likeness (QED) is 0.210. The molecule has 0 fully saturated rings. The van der Waals surface area contributed by atoms with Crippen LogP contribution in [0.15, 0.2) is 11.5 Å². The van der Waals surface area contributed by atoms with E-state index in [-0.39, 0.29) is 0 Å². The minimum Gasteiger partial charge on any atom is -0.505 e. The number of rotatable bonds is 8. The van der Waals surface area contributed by atoms with Gasteiger partial charge in [0, 0.05) is 0 Å². The molecule has 0 saturated heterocycles. The second-order valence-corrected chi connectivity index (χ2v) is 4.96. The summed E-state index contributed by atoms with van der Waals surface area (Å²) in [5.74, 6) is -9.41. The maximum absolute atomic E-state index is 11.6. The van der Waals surface area contributed by atoms with Crippen LogP contribution in [0.5, 0.6) is 0 Å². The van der Waals surface area contributed by atoms with Crippen molar-refractivity contribution in [2.45, 2.75) is 30.3 Å². The summed E-state index contributed by atoms with van der Waals surface area (Å²) in [6, 6.07) is 0. The maximum Gasteiger partial charge on any atom is 0.377 e. The topological polar surface area (TPSA) is 228 Å². The SMILES string of the molecule is O=C(O)C[C@@](O)(C(=O)O)[C@@H](O)C(=O)OC[C@@H](O)[C@H]1OC(=O)C(O)=C1O. The van der Waals surface area contributed by atoms with Gasteiger partial charge in [-0.25, -0.2) is 14.4 Å². The van der Waals surface area contributed by atoms with Gasteiger partial charge in [-0.05, 0) is 0 Å². The fourth-order valence-corrected chi connectivity index (χ4v) is 1.78. The number of aliphatic hydroxyl groups is 5. The summed E-state index contributed by atoms with van der Waals surface area (Å²) >= 11 is 0. The highest BCUT2D eigenvalue weighted by Crippen LogP contribution is 2.22. The highest BCUT2D eigenvalue weighted by molar-refractivity contribution is 5.91. The number of aliphatic hydroxyl groups excluding tert-OH is 4. The van der Waals surface area contributed by atoms with Crippen LogP contribution in [0.1, 0.15) is 6.42 Å². The van der Waals surface area contributed by atoms with Crippen LogP contribution in [0.2, 0.25) is 0 Å². The average molecular weight is 366 g/mol. The Bertz CT molecular complexity index is 622. The second-order valence-electron chi connectivity index (χ2n) is 4.96. The number of esters is 2. The molecule has 0 aromatic rings. The lowest BCUT2D eigenvalue weighted by Gasteiger charge is -2.26. The summed E-state index contributed by atoms with van der Waals surface area (Å²) in [5.41, 5.74) is -3.39. The summed E-state index contributed by atoms with van der Waals surface area (Å²) in [6.07, 6.45) is -8.05. The zero-order valence-corrected chi connectivity index (χ0v) is 12.2. The van der Waals surface area contributed by atoms with Crippen LogP contribution < -0.4 is 0 Å². The molecule has 0 bridgehead atoms. The summed E-state index contributed by atoms with van der Waals surface area (Å²) in [7, 11) is 0. The monoisotopic (exact) mass is 366 g/mol. The number of hydrogen-bond donors (Lipinski definition) is 7. The van der Waals surface area contributed by atoms with Crippen molar-refractivity contribution in [3.63, 3.8) is 0 Å². The van der Waals surface area contributed by atoms with Crippen LogP contribution in [0.4, 0.5) is 0 Å². The van der Waals surface area contributed by atoms with Gasteiger partial charge in [-0.2, -0.15) is 0 Å². The molecule has 1 heterocycles. The van der Waals surface area contributed by atoms with Crippen molar-refractivity contribution in [2.75, 3.05) is 6.61 Å². The molecule has 1 aliphatic heterocycles. The first-order valence-corrected chi connectivity index (χ1v) is 6.45. The minimum absolute atomic E-state index is 1.04. The van der Waals surface area contributed by atoms with Crippen LogP contribution in [0.3, 0.4) is 0 Å². The lowest BCUT2D eigenvalue weighted by molar-refractivity contribution is -0.192. The first-order chi connectivity index (χ1) is 11.4. The van der Waals surface area contributed by atoms with Crippen molar-refractivity contribution in [3.8, 4) is 0 Å². The largest absolute Gasteiger partial charge is 0.505 e. The highest BCUT2D eigenvalue weighted by atomic mass is 16.6. The molecule has 0 aromatic heterocycles. The number of hydrogen-bond acceptors (Lipinski definition) is 11. The predicted octanol–water partition coefficient (Wildman–Crippen LogP) is -3.21. The molecule has 0 amide bonds.